The summed E-state index contributed by atoms with van der Waals surface area (Å²) in [6.45, 7) is 7.59. The van der Waals surface area contributed by atoms with E-state index in [9.17, 15) is 0 Å². The number of hydrogen-bond donors (Lipinski definition) is 0. The molecule has 1 fully saturated rings. The average molecular weight is 302 g/mol. The van der Waals surface area contributed by atoms with E-state index in [0.717, 1.165) is 38.5 Å². The van der Waals surface area contributed by atoms with Crippen LogP contribution in [0.15, 0.2) is 36.4 Å². The molecule has 4 heteroatoms. The van der Waals surface area contributed by atoms with E-state index >= 15 is 0 Å². The van der Waals surface area contributed by atoms with Gasteiger partial charge in [-0.05, 0) is 31.2 Å². The smallest absolute Gasteiger partial charge is 0.142 e. The molecule has 1 saturated heterocycles. The zero-order valence-corrected chi connectivity index (χ0v) is 13.5. The molecule has 1 aliphatic heterocycles. The fourth-order valence-electron chi connectivity index (χ4n) is 2.83. The van der Waals surface area contributed by atoms with Gasteiger partial charge in [-0.25, -0.2) is 0 Å². The Balaban J connectivity index is 1.60. The third kappa shape index (κ3) is 3.39. The quantitative estimate of drug-likeness (QED) is 0.861. The topological polar surface area (TPSA) is 15.7 Å². The number of hydrogen-bond acceptors (Lipinski definition) is 4. The predicted octanol–water partition coefficient (Wildman–Crippen LogP) is 3.39. The number of ether oxygens (including phenoxy) is 1. The number of para-hydroxylation sites is 2. The van der Waals surface area contributed by atoms with Crippen molar-refractivity contribution in [3.63, 3.8) is 0 Å². The van der Waals surface area contributed by atoms with E-state index in [1.165, 1.54) is 15.4 Å². The van der Waals surface area contributed by atoms with Crippen molar-refractivity contribution in [2.75, 3.05) is 38.2 Å². The van der Waals surface area contributed by atoms with Crippen molar-refractivity contribution in [3.8, 4) is 5.75 Å². The van der Waals surface area contributed by atoms with Crippen LogP contribution in [0.2, 0.25) is 0 Å². The highest BCUT2D eigenvalue weighted by molar-refractivity contribution is 7.11. The molecule has 1 aromatic heterocycles. The molecule has 21 heavy (non-hydrogen) atoms. The predicted molar refractivity (Wildman–Crippen MR) is 89.5 cm³/mol. The zero-order chi connectivity index (χ0) is 14.7. The Morgan fingerprint density at radius 2 is 1.81 bits per heavy atom. The minimum Gasteiger partial charge on any atom is -0.495 e. The van der Waals surface area contributed by atoms with Gasteiger partial charge in [0, 0.05) is 42.5 Å². The number of piperazine rings is 1. The Hall–Kier alpha value is -1.52. The monoisotopic (exact) mass is 302 g/mol. The van der Waals surface area contributed by atoms with E-state index in [1.807, 2.05) is 23.5 Å². The Labute approximate surface area is 130 Å². The van der Waals surface area contributed by atoms with Crippen molar-refractivity contribution in [1.82, 2.24) is 4.90 Å². The van der Waals surface area contributed by atoms with Gasteiger partial charge in [0.1, 0.15) is 5.75 Å². The molecule has 0 unspecified atom stereocenters. The van der Waals surface area contributed by atoms with Gasteiger partial charge in [-0.2, -0.15) is 0 Å². The summed E-state index contributed by atoms with van der Waals surface area (Å²) in [6, 6.07) is 12.8. The summed E-state index contributed by atoms with van der Waals surface area (Å²) in [5.74, 6) is 0.972. The van der Waals surface area contributed by atoms with Gasteiger partial charge < -0.3 is 9.64 Å². The molecule has 0 aliphatic carbocycles. The van der Waals surface area contributed by atoms with Gasteiger partial charge in [0.15, 0.2) is 0 Å². The van der Waals surface area contributed by atoms with Gasteiger partial charge in [-0.3, -0.25) is 4.90 Å². The second-order valence-electron chi connectivity index (χ2n) is 5.45. The molecule has 112 valence electrons. The third-order valence-corrected chi connectivity index (χ3v) is 4.96. The minimum absolute atomic E-state index is 0.972. The maximum Gasteiger partial charge on any atom is 0.142 e. The van der Waals surface area contributed by atoms with Gasteiger partial charge in [-0.1, -0.05) is 12.1 Å². The number of aryl methyl sites for hydroxylation is 1. The van der Waals surface area contributed by atoms with Crippen LogP contribution in [0, 0.1) is 6.92 Å². The summed E-state index contributed by atoms with van der Waals surface area (Å²) in [5.41, 5.74) is 1.21. The molecule has 0 saturated carbocycles. The Bertz CT molecular complexity index is 588. The molecule has 0 spiro atoms. The normalized spacial score (nSPS) is 16.2. The van der Waals surface area contributed by atoms with Crippen molar-refractivity contribution >= 4 is 17.0 Å². The summed E-state index contributed by atoms with van der Waals surface area (Å²) in [7, 11) is 1.74. The lowest BCUT2D eigenvalue weighted by Gasteiger charge is -2.36. The van der Waals surface area contributed by atoms with Crippen LogP contribution in [0.25, 0.3) is 0 Å². The molecule has 1 aromatic carbocycles. The molecule has 0 atom stereocenters. The summed E-state index contributed by atoms with van der Waals surface area (Å²) in [6.07, 6.45) is 0. The van der Waals surface area contributed by atoms with Crippen LogP contribution < -0.4 is 9.64 Å². The first-order valence-electron chi connectivity index (χ1n) is 7.42. The van der Waals surface area contributed by atoms with Gasteiger partial charge in [0.25, 0.3) is 0 Å². The van der Waals surface area contributed by atoms with Gasteiger partial charge in [-0.15, -0.1) is 11.3 Å². The van der Waals surface area contributed by atoms with Crippen LogP contribution >= 0.6 is 11.3 Å². The first kappa shape index (κ1) is 14.4. The molecule has 0 radical (unpaired) electrons. The SMILES string of the molecule is COc1ccccc1N1CCN(Cc2ccc(C)s2)CC1. The lowest BCUT2D eigenvalue weighted by molar-refractivity contribution is 0.251. The van der Waals surface area contributed by atoms with Crippen LogP contribution in [-0.2, 0) is 6.54 Å². The highest BCUT2D eigenvalue weighted by atomic mass is 32.1. The second kappa shape index (κ2) is 6.50. The molecular formula is C17H22N2OS. The van der Waals surface area contributed by atoms with E-state index < -0.39 is 0 Å². The van der Waals surface area contributed by atoms with Crippen molar-refractivity contribution in [1.29, 1.82) is 0 Å². The van der Waals surface area contributed by atoms with Gasteiger partial charge >= 0.3 is 0 Å². The van der Waals surface area contributed by atoms with E-state index in [4.69, 9.17) is 4.74 Å². The molecular weight excluding hydrogens is 280 g/mol. The fourth-order valence-corrected chi connectivity index (χ4v) is 3.76. The highest BCUT2D eigenvalue weighted by Gasteiger charge is 2.19. The van der Waals surface area contributed by atoms with Crippen molar-refractivity contribution in [2.45, 2.75) is 13.5 Å². The van der Waals surface area contributed by atoms with Gasteiger partial charge in [0.2, 0.25) is 0 Å². The van der Waals surface area contributed by atoms with Crippen LogP contribution in [0.4, 0.5) is 5.69 Å². The molecule has 2 heterocycles. The largest absolute Gasteiger partial charge is 0.495 e. The first-order valence-corrected chi connectivity index (χ1v) is 8.23. The number of rotatable bonds is 4. The fraction of sp³-hybridized carbons (Fsp3) is 0.412. The molecule has 0 bridgehead atoms. The lowest BCUT2D eigenvalue weighted by Crippen LogP contribution is -2.45. The second-order valence-corrected chi connectivity index (χ2v) is 6.82. The highest BCUT2D eigenvalue weighted by Crippen LogP contribution is 2.28. The number of thiophene rings is 1. The van der Waals surface area contributed by atoms with Crippen molar-refractivity contribution in [2.24, 2.45) is 0 Å². The lowest BCUT2D eigenvalue weighted by atomic mass is 10.2. The van der Waals surface area contributed by atoms with E-state index in [-0.39, 0.29) is 0 Å². The number of nitrogens with zero attached hydrogens (tertiary/aromatic N) is 2. The number of anilines is 1. The molecule has 2 aromatic rings. The first-order chi connectivity index (χ1) is 10.3. The van der Waals surface area contributed by atoms with Crippen molar-refractivity contribution in [3.05, 3.63) is 46.2 Å². The standard InChI is InChI=1S/C17H22N2OS/c1-14-7-8-15(21-14)13-18-9-11-19(12-10-18)16-5-3-4-6-17(16)20-2/h3-8H,9-13H2,1-2H3. The Morgan fingerprint density at radius 3 is 2.48 bits per heavy atom. The molecule has 3 nitrogen and oxygen atoms in total. The summed E-state index contributed by atoms with van der Waals surface area (Å²) in [4.78, 5) is 7.84. The van der Waals surface area contributed by atoms with E-state index in [1.54, 1.807) is 7.11 Å². The van der Waals surface area contributed by atoms with Crippen LogP contribution in [0.5, 0.6) is 5.75 Å². The maximum absolute atomic E-state index is 5.47. The minimum atomic E-state index is 0.972. The van der Waals surface area contributed by atoms with E-state index in [2.05, 4.69) is 41.0 Å². The summed E-state index contributed by atoms with van der Waals surface area (Å²) < 4.78 is 5.47. The summed E-state index contributed by atoms with van der Waals surface area (Å²) >= 11 is 1.91. The molecule has 1 aliphatic rings. The molecule has 0 amide bonds. The van der Waals surface area contributed by atoms with Crippen LogP contribution in [-0.4, -0.2) is 38.2 Å². The van der Waals surface area contributed by atoms with Crippen LogP contribution in [0.1, 0.15) is 9.75 Å². The third-order valence-electron chi connectivity index (χ3n) is 3.97. The van der Waals surface area contributed by atoms with Crippen molar-refractivity contribution < 1.29 is 4.74 Å². The Morgan fingerprint density at radius 1 is 1.05 bits per heavy atom. The number of benzene rings is 1. The Kier molecular flexibility index (Phi) is 4.46. The van der Waals surface area contributed by atoms with E-state index in [0.29, 0.717) is 0 Å². The van der Waals surface area contributed by atoms with Gasteiger partial charge in [0.05, 0.1) is 12.8 Å². The number of methoxy groups -OCH3 is 1. The molecule has 0 N–H and O–H groups in total. The molecule has 3 rings (SSSR count). The maximum atomic E-state index is 5.47. The average Bonchev–Trinajstić information content (AvgIpc) is 2.93. The summed E-state index contributed by atoms with van der Waals surface area (Å²) in [5, 5.41) is 0. The van der Waals surface area contributed by atoms with Crippen LogP contribution in [0.3, 0.4) is 0 Å². The zero-order valence-electron chi connectivity index (χ0n) is 12.7.